The van der Waals surface area contributed by atoms with Gasteiger partial charge in [-0.05, 0) is 159 Å². The molecule has 0 radical (unpaired) electrons. The van der Waals surface area contributed by atoms with Gasteiger partial charge in [0.05, 0.1) is 0 Å². The summed E-state index contributed by atoms with van der Waals surface area (Å²) >= 11 is 0. The van der Waals surface area contributed by atoms with Crippen molar-refractivity contribution in [3.63, 3.8) is 0 Å². The highest BCUT2D eigenvalue weighted by Crippen LogP contribution is 2.74. The van der Waals surface area contributed by atoms with Crippen molar-refractivity contribution in [1.82, 2.24) is 0 Å². The summed E-state index contributed by atoms with van der Waals surface area (Å²) in [6, 6.07) is 5.80. The minimum Gasteiger partial charge on any atom is -0.207 e. The Hall–Kier alpha value is -0.850. The quantitative estimate of drug-likeness (QED) is 0.495. The van der Waals surface area contributed by atoms with Gasteiger partial charge in [-0.3, -0.25) is 0 Å². The Bertz CT molecular complexity index is 720. The van der Waals surface area contributed by atoms with Crippen LogP contribution in [0.2, 0.25) is 0 Å². The largest absolute Gasteiger partial charge is 0.207 e. The van der Waals surface area contributed by atoms with Gasteiger partial charge in [0.25, 0.3) is 0 Å². The number of benzene rings is 1. The van der Waals surface area contributed by atoms with E-state index in [9.17, 15) is 4.39 Å². The van der Waals surface area contributed by atoms with Crippen molar-refractivity contribution < 1.29 is 4.39 Å². The van der Waals surface area contributed by atoms with Gasteiger partial charge in [-0.2, -0.15) is 0 Å². The zero-order chi connectivity index (χ0) is 19.4. The zero-order valence-electron chi connectivity index (χ0n) is 18.1. The Morgan fingerprint density at radius 3 is 1.45 bits per heavy atom. The van der Waals surface area contributed by atoms with Crippen LogP contribution in [0.25, 0.3) is 0 Å². The number of hydrogen-bond acceptors (Lipinski definition) is 0. The van der Waals surface area contributed by atoms with Crippen LogP contribution in [0.5, 0.6) is 0 Å². The average molecular weight is 393 g/mol. The molecule has 1 aromatic carbocycles. The molecule has 0 saturated heterocycles. The van der Waals surface area contributed by atoms with E-state index in [0.29, 0.717) is 16.7 Å². The summed E-state index contributed by atoms with van der Waals surface area (Å²) in [6.07, 6.45) is 17.8. The minimum atomic E-state index is 0.00468. The first-order chi connectivity index (χ1) is 14.0. The summed E-state index contributed by atoms with van der Waals surface area (Å²) in [4.78, 5) is 0. The van der Waals surface area contributed by atoms with E-state index in [1.807, 2.05) is 6.07 Å². The fourth-order valence-electron chi connectivity index (χ4n) is 11.3. The molecular weight excluding hydrogens is 355 g/mol. The summed E-state index contributed by atoms with van der Waals surface area (Å²) < 4.78 is 14.7. The molecule has 156 valence electrons. The Balaban J connectivity index is 1.40. The van der Waals surface area contributed by atoms with E-state index >= 15 is 0 Å². The molecule has 0 unspecified atom stereocenters. The maximum Gasteiger partial charge on any atom is 0.123 e. The third kappa shape index (κ3) is 2.54. The van der Waals surface area contributed by atoms with Gasteiger partial charge < -0.3 is 0 Å². The van der Waals surface area contributed by atoms with Crippen LogP contribution in [-0.4, -0.2) is 0 Å². The molecule has 0 aromatic heterocycles. The highest BCUT2D eigenvalue weighted by atomic mass is 19.1. The Labute approximate surface area is 176 Å². The Morgan fingerprint density at radius 2 is 1.07 bits per heavy atom. The Kier molecular flexibility index (Phi) is 3.61. The van der Waals surface area contributed by atoms with Crippen molar-refractivity contribution in [3.8, 4) is 0 Å². The van der Waals surface area contributed by atoms with Crippen LogP contribution in [0.4, 0.5) is 4.39 Å². The van der Waals surface area contributed by atoms with Crippen molar-refractivity contribution in [2.75, 3.05) is 0 Å². The molecule has 0 amide bonds. The highest BCUT2D eigenvalue weighted by Gasteiger charge is 2.63. The topological polar surface area (TPSA) is 0 Å². The van der Waals surface area contributed by atoms with Crippen LogP contribution in [0.1, 0.15) is 94.1 Å². The van der Waals surface area contributed by atoms with Gasteiger partial charge in [0, 0.05) is 0 Å². The molecule has 1 aromatic rings. The lowest BCUT2D eigenvalue weighted by Gasteiger charge is -2.67. The lowest BCUT2D eigenvalue weighted by molar-refractivity contribution is -0.144. The summed E-state index contributed by atoms with van der Waals surface area (Å²) in [5, 5.41) is 0. The van der Waals surface area contributed by atoms with Gasteiger partial charge in [-0.1, -0.05) is 6.07 Å². The molecule has 0 aliphatic heterocycles. The number of hydrogen-bond donors (Lipinski definition) is 0. The molecule has 8 bridgehead atoms. The number of aryl methyl sites for hydroxylation is 1. The first-order valence-corrected chi connectivity index (χ1v) is 12.8. The predicted molar refractivity (Wildman–Crippen MR) is 115 cm³/mol. The lowest BCUT2D eigenvalue weighted by Crippen LogP contribution is -2.57. The molecule has 9 rings (SSSR count). The summed E-state index contributed by atoms with van der Waals surface area (Å²) in [5.74, 6) is 6.51. The van der Waals surface area contributed by atoms with E-state index in [1.54, 1.807) is 6.07 Å². The van der Waals surface area contributed by atoms with Crippen LogP contribution in [0.15, 0.2) is 18.2 Å². The molecule has 0 spiro atoms. The third-order valence-corrected chi connectivity index (χ3v) is 10.9. The molecule has 1 heteroatoms. The molecule has 29 heavy (non-hydrogen) atoms. The second kappa shape index (κ2) is 5.89. The zero-order valence-corrected chi connectivity index (χ0v) is 18.1. The second-order valence-corrected chi connectivity index (χ2v) is 13.0. The van der Waals surface area contributed by atoms with Crippen molar-refractivity contribution >= 4 is 0 Å². The summed E-state index contributed by atoms with van der Waals surface area (Å²) in [5.41, 5.74) is 3.79. The first kappa shape index (κ1) is 17.8. The number of rotatable bonds is 3. The van der Waals surface area contributed by atoms with Crippen LogP contribution < -0.4 is 0 Å². The van der Waals surface area contributed by atoms with Gasteiger partial charge in [-0.15, -0.1) is 0 Å². The predicted octanol–water partition coefficient (Wildman–Crippen LogP) is 7.65. The van der Waals surface area contributed by atoms with E-state index in [0.717, 1.165) is 35.5 Å². The van der Waals surface area contributed by atoms with E-state index in [1.165, 1.54) is 88.2 Å². The van der Waals surface area contributed by atoms with Crippen LogP contribution in [-0.2, 0) is 0 Å². The third-order valence-electron chi connectivity index (χ3n) is 10.9. The minimum absolute atomic E-state index is 0.00468. The molecule has 8 aliphatic carbocycles. The lowest BCUT2D eigenvalue weighted by atomic mass is 9.37. The van der Waals surface area contributed by atoms with E-state index in [4.69, 9.17) is 0 Å². The summed E-state index contributed by atoms with van der Waals surface area (Å²) in [6.45, 7) is 2.28. The molecule has 0 nitrogen and oxygen atoms in total. The van der Waals surface area contributed by atoms with Gasteiger partial charge >= 0.3 is 0 Å². The van der Waals surface area contributed by atoms with Crippen molar-refractivity contribution in [3.05, 3.63) is 35.1 Å². The van der Waals surface area contributed by atoms with Gasteiger partial charge in [0.2, 0.25) is 0 Å². The molecular formula is C28H37F. The SMILES string of the molecule is Cc1ccc(F)cc1C(C12CC3CC(CC(C3)C1)C2)C12CC3CC(CC(C3)C1)C2. The highest BCUT2D eigenvalue weighted by molar-refractivity contribution is 5.36. The molecule has 0 heterocycles. The van der Waals surface area contributed by atoms with Crippen LogP contribution in [0, 0.1) is 59.1 Å². The Morgan fingerprint density at radius 1 is 0.690 bits per heavy atom. The maximum atomic E-state index is 14.7. The van der Waals surface area contributed by atoms with Gasteiger partial charge in [-0.25, -0.2) is 4.39 Å². The van der Waals surface area contributed by atoms with E-state index < -0.39 is 0 Å². The molecule has 8 saturated carbocycles. The average Bonchev–Trinajstić information content (AvgIpc) is 2.62. The standard InChI is InChI=1S/C28H37F/c1-17-2-3-24(29)10-25(17)26(27-11-18-4-19(12-27)6-20(5-18)13-27)28-14-21-7-22(15-28)9-23(8-21)16-28/h2-3,10,18-23,26H,4-9,11-16H2,1H3. The van der Waals surface area contributed by atoms with Crippen LogP contribution in [0.3, 0.4) is 0 Å². The molecule has 8 aliphatic rings. The molecule has 0 N–H and O–H groups in total. The maximum absolute atomic E-state index is 14.7. The summed E-state index contributed by atoms with van der Waals surface area (Å²) in [7, 11) is 0. The smallest absolute Gasteiger partial charge is 0.123 e. The first-order valence-electron chi connectivity index (χ1n) is 12.8. The fraction of sp³-hybridized carbons (Fsp3) is 0.786. The van der Waals surface area contributed by atoms with Crippen molar-refractivity contribution in [2.45, 2.75) is 89.9 Å². The molecule has 0 atom stereocenters. The number of halogens is 1. The van der Waals surface area contributed by atoms with Gasteiger partial charge in [0.1, 0.15) is 5.82 Å². The van der Waals surface area contributed by atoms with Crippen LogP contribution >= 0.6 is 0 Å². The van der Waals surface area contributed by atoms with E-state index in [-0.39, 0.29) is 5.82 Å². The van der Waals surface area contributed by atoms with Crippen molar-refractivity contribution in [2.24, 2.45) is 46.3 Å². The van der Waals surface area contributed by atoms with E-state index in [2.05, 4.69) is 13.0 Å². The fourth-order valence-corrected chi connectivity index (χ4v) is 11.3. The van der Waals surface area contributed by atoms with Gasteiger partial charge in [0.15, 0.2) is 0 Å². The monoisotopic (exact) mass is 392 g/mol. The second-order valence-electron chi connectivity index (χ2n) is 13.0. The molecule has 8 fully saturated rings. The normalized spacial score (nSPS) is 50.3. The van der Waals surface area contributed by atoms with Crippen molar-refractivity contribution in [1.29, 1.82) is 0 Å².